The van der Waals surface area contributed by atoms with Crippen LogP contribution in [0, 0.1) is 5.82 Å². The lowest BCUT2D eigenvalue weighted by atomic mass is 10.0. The fourth-order valence-electron chi connectivity index (χ4n) is 1.56. The van der Waals surface area contributed by atoms with Gasteiger partial charge in [0.25, 0.3) is 0 Å². The second kappa shape index (κ2) is 4.76. The second-order valence-corrected chi connectivity index (χ2v) is 4.31. The molecular formula is C13H10BrFO. The van der Waals surface area contributed by atoms with Crippen molar-refractivity contribution < 1.29 is 9.50 Å². The molecule has 3 heteroatoms. The number of aliphatic hydroxyl groups is 1. The Labute approximate surface area is 102 Å². The van der Waals surface area contributed by atoms with E-state index in [0.717, 1.165) is 11.1 Å². The Hall–Kier alpha value is -1.19. The normalized spacial score (nSPS) is 10.4. The lowest BCUT2D eigenvalue weighted by Gasteiger charge is -2.06. The summed E-state index contributed by atoms with van der Waals surface area (Å²) in [5.74, 6) is -0.280. The van der Waals surface area contributed by atoms with Crippen molar-refractivity contribution in [3.05, 3.63) is 58.3 Å². The van der Waals surface area contributed by atoms with Crippen molar-refractivity contribution in [3.8, 4) is 11.1 Å². The highest BCUT2D eigenvalue weighted by atomic mass is 79.9. The summed E-state index contributed by atoms with van der Waals surface area (Å²) in [7, 11) is 0. The van der Waals surface area contributed by atoms with Gasteiger partial charge in [0.2, 0.25) is 0 Å². The number of hydrogen-bond acceptors (Lipinski definition) is 1. The summed E-state index contributed by atoms with van der Waals surface area (Å²) >= 11 is 3.15. The molecule has 1 nitrogen and oxygen atoms in total. The van der Waals surface area contributed by atoms with Crippen LogP contribution in [0.25, 0.3) is 11.1 Å². The molecule has 0 amide bonds. The molecule has 0 atom stereocenters. The van der Waals surface area contributed by atoms with Gasteiger partial charge in [0.15, 0.2) is 0 Å². The van der Waals surface area contributed by atoms with Gasteiger partial charge in [-0.05, 0) is 39.2 Å². The molecule has 16 heavy (non-hydrogen) atoms. The molecule has 0 saturated carbocycles. The van der Waals surface area contributed by atoms with Crippen LogP contribution in [0.2, 0.25) is 0 Å². The minimum Gasteiger partial charge on any atom is -0.392 e. The zero-order valence-corrected chi connectivity index (χ0v) is 10.0. The number of benzene rings is 2. The predicted octanol–water partition coefficient (Wildman–Crippen LogP) is 3.75. The first-order valence-electron chi connectivity index (χ1n) is 4.86. The lowest BCUT2D eigenvalue weighted by molar-refractivity contribution is 0.282. The van der Waals surface area contributed by atoms with E-state index in [4.69, 9.17) is 5.11 Å². The Morgan fingerprint density at radius 3 is 2.62 bits per heavy atom. The summed E-state index contributed by atoms with van der Waals surface area (Å²) in [5, 5.41) is 9.03. The number of halogens is 2. The Morgan fingerprint density at radius 1 is 1.12 bits per heavy atom. The molecular weight excluding hydrogens is 271 g/mol. The zero-order chi connectivity index (χ0) is 11.5. The molecule has 0 aliphatic carbocycles. The summed E-state index contributed by atoms with van der Waals surface area (Å²) in [4.78, 5) is 0. The van der Waals surface area contributed by atoms with Crippen molar-refractivity contribution in [2.75, 3.05) is 0 Å². The largest absolute Gasteiger partial charge is 0.392 e. The molecule has 0 aliphatic rings. The average Bonchev–Trinajstić information content (AvgIpc) is 2.33. The molecule has 0 fully saturated rings. The van der Waals surface area contributed by atoms with E-state index in [-0.39, 0.29) is 12.4 Å². The molecule has 2 rings (SSSR count). The van der Waals surface area contributed by atoms with E-state index in [1.165, 1.54) is 0 Å². The molecule has 0 spiro atoms. The standard InChI is InChI=1S/C13H10BrFO/c14-12-6-2-5-11(13(12)15)10-4-1-3-9(7-10)8-16/h1-7,16H,8H2. The van der Waals surface area contributed by atoms with Crippen LogP contribution in [-0.4, -0.2) is 5.11 Å². The summed E-state index contributed by atoms with van der Waals surface area (Å²) in [6.07, 6.45) is 0. The Morgan fingerprint density at radius 2 is 1.88 bits per heavy atom. The third-order valence-corrected chi connectivity index (χ3v) is 2.98. The van der Waals surface area contributed by atoms with Gasteiger partial charge < -0.3 is 5.11 Å². The first-order valence-corrected chi connectivity index (χ1v) is 5.66. The monoisotopic (exact) mass is 280 g/mol. The third kappa shape index (κ3) is 2.15. The van der Waals surface area contributed by atoms with Crippen LogP contribution in [0.15, 0.2) is 46.9 Å². The van der Waals surface area contributed by atoms with Gasteiger partial charge >= 0.3 is 0 Å². The molecule has 0 radical (unpaired) electrons. The Kier molecular flexibility index (Phi) is 3.36. The highest BCUT2D eigenvalue weighted by Crippen LogP contribution is 2.28. The summed E-state index contributed by atoms with van der Waals surface area (Å²) in [6, 6.07) is 12.4. The van der Waals surface area contributed by atoms with Gasteiger partial charge in [0, 0.05) is 5.56 Å². The molecule has 0 aromatic heterocycles. The SMILES string of the molecule is OCc1cccc(-c2cccc(Br)c2F)c1. The Balaban J connectivity index is 2.54. The van der Waals surface area contributed by atoms with Crippen LogP contribution in [0.1, 0.15) is 5.56 Å². The van der Waals surface area contributed by atoms with Gasteiger partial charge in [-0.15, -0.1) is 0 Å². The molecule has 0 aliphatic heterocycles. The first kappa shape index (κ1) is 11.3. The van der Waals surface area contributed by atoms with Gasteiger partial charge in [-0.2, -0.15) is 0 Å². The maximum absolute atomic E-state index is 13.8. The maximum Gasteiger partial charge on any atom is 0.145 e. The molecule has 0 heterocycles. The van der Waals surface area contributed by atoms with Gasteiger partial charge in [-0.25, -0.2) is 4.39 Å². The maximum atomic E-state index is 13.8. The zero-order valence-electron chi connectivity index (χ0n) is 8.45. The van der Waals surface area contributed by atoms with Crippen LogP contribution in [0.3, 0.4) is 0 Å². The highest BCUT2D eigenvalue weighted by Gasteiger charge is 2.08. The fraction of sp³-hybridized carbons (Fsp3) is 0.0769. The first-order chi connectivity index (χ1) is 7.72. The molecule has 2 aromatic carbocycles. The van der Waals surface area contributed by atoms with Crippen molar-refractivity contribution in [1.29, 1.82) is 0 Å². The van der Waals surface area contributed by atoms with E-state index >= 15 is 0 Å². The smallest absolute Gasteiger partial charge is 0.145 e. The molecule has 0 unspecified atom stereocenters. The van der Waals surface area contributed by atoms with Crippen molar-refractivity contribution >= 4 is 15.9 Å². The van der Waals surface area contributed by atoms with Crippen molar-refractivity contribution in [2.24, 2.45) is 0 Å². The fourth-order valence-corrected chi connectivity index (χ4v) is 1.93. The van der Waals surface area contributed by atoms with Crippen LogP contribution in [0.5, 0.6) is 0 Å². The average molecular weight is 281 g/mol. The van der Waals surface area contributed by atoms with Gasteiger partial charge in [0.1, 0.15) is 5.82 Å². The van der Waals surface area contributed by atoms with Crippen LogP contribution < -0.4 is 0 Å². The predicted molar refractivity (Wildman–Crippen MR) is 65.5 cm³/mol. The quantitative estimate of drug-likeness (QED) is 0.888. The lowest BCUT2D eigenvalue weighted by Crippen LogP contribution is -1.88. The number of hydrogen-bond donors (Lipinski definition) is 1. The van der Waals surface area contributed by atoms with E-state index < -0.39 is 0 Å². The minimum absolute atomic E-state index is 0.0382. The Bertz CT molecular complexity index is 511. The number of aliphatic hydroxyl groups excluding tert-OH is 1. The molecule has 82 valence electrons. The van der Waals surface area contributed by atoms with E-state index in [0.29, 0.717) is 10.0 Å². The summed E-state index contributed by atoms with van der Waals surface area (Å²) < 4.78 is 14.3. The van der Waals surface area contributed by atoms with Crippen LogP contribution in [0.4, 0.5) is 4.39 Å². The molecule has 0 bridgehead atoms. The van der Waals surface area contributed by atoms with E-state index in [2.05, 4.69) is 15.9 Å². The van der Waals surface area contributed by atoms with E-state index in [9.17, 15) is 4.39 Å². The second-order valence-electron chi connectivity index (χ2n) is 3.46. The third-order valence-electron chi connectivity index (χ3n) is 2.37. The van der Waals surface area contributed by atoms with E-state index in [1.807, 2.05) is 6.07 Å². The van der Waals surface area contributed by atoms with Crippen molar-refractivity contribution in [2.45, 2.75) is 6.61 Å². The highest BCUT2D eigenvalue weighted by molar-refractivity contribution is 9.10. The van der Waals surface area contributed by atoms with Gasteiger partial charge in [0.05, 0.1) is 11.1 Å². The van der Waals surface area contributed by atoms with Gasteiger partial charge in [-0.1, -0.05) is 30.3 Å². The molecule has 2 aromatic rings. The molecule has 0 saturated heterocycles. The van der Waals surface area contributed by atoms with Crippen molar-refractivity contribution in [1.82, 2.24) is 0 Å². The number of rotatable bonds is 2. The van der Waals surface area contributed by atoms with E-state index in [1.54, 1.807) is 36.4 Å². The van der Waals surface area contributed by atoms with Crippen molar-refractivity contribution in [3.63, 3.8) is 0 Å². The van der Waals surface area contributed by atoms with Crippen LogP contribution in [-0.2, 0) is 6.61 Å². The van der Waals surface area contributed by atoms with Crippen LogP contribution >= 0.6 is 15.9 Å². The summed E-state index contributed by atoms with van der Waals surface area (Å²) in [6.45, 7) is -0.0382. The molecule has 1 N–H and O–H groups in total. The minimum atomic E-state index is -0.280. The topological polar surface area (TPSA) is 20.2 Å². The van der Waals surface area contributed by atoms with Gasteiger partial charge in [-0.3, -0.25) is 0 Å². The summed E-state index contributed by atoms with van der Waals surface area (Å²) in [5.41, 5.74) is 2.08.